The van der Waals surface area contributed by atoms with E-state index in [4.69, 9.17) is 4.74 Å². The molecule has 0 aliphatic carbocycles. The second-order valence-electron chi connectivity index (χ2n) is 7.16. The van der Waals surface area contributed by atoms with Crippen molar-refractivity contribution in [1.29, 1.82) is 0 Å². The maximum absolute atomic E-state index is 11.8. The van der Waals surface area contributed by atoms with E-state index in [9.17, 15) is 30.3 Å². The van der Waals surface area contributed by atoms with Gasteiger partial charge >= 0.3 is 11.4 Å². The molecule has 0 aromatic heterocycles. The Bertz CT molecular complexity index is 1250. The number of ether oxygens (including phenoxy) is 1. The Hall–Kier alpha value is -4.87. The molecular formula is C22H19N5O7. The van der Waals surface area contributed by atoms with Gasteiger partial charge in [0.15, 0.2) is 0 Å². The first kappa shape index (κ1) is 23.8. The van der Waals surface area contributed by atoms with Crippen molar-refractivity contribution in [2.45, 2.75) is 6.92 Å². The number of hydrogen-bond acceptors (Lipinski definition) is 8. The monoisotopic (exact) mass is 465 g/mol. The number of aliphatic imine (C=N–C) groups is 1. The summed E-state index contributed by atoms with van der Waals surface area (Å²) in [6.07, 6.45) is 0. The molecule has 0 atom stereocenters. The average Bonchev–Trinajstić information content (AvgIpc) is 2.82. The van der Waals surface area contributed by atoms with Crippen LogP contribution in [0.5, 0.6) is 5.75 Å². The molecule has 174 valence electrons. The predicted molar refractivity (Wildman–Crippen MR) is 125 cm³/mol. The summed E-state index contributed by atoms with van der Waals surface area (Å²) in [7, 11) is 2.87. The Balaban J connectivity index is 2.30. The van der Waals surface area contributed by atoms with Gasteiger partial charge in [-0.3, -0.25) is 30.3 Å². The summed E-state index contributed by atoms with van der Waals surface area (Å²) in [4.78, 5) is 37.9. The maximum Gasteiger partial charge on any atom is 0.306 e. The molecule has 0 N–H and O–H groups in total. The van der Waals surface area contributed by atoms with Gasteiger partial charge in [-0.15, -0.1) is 0 Å². The average molecular weight is 465 g/mol. The number of hydrogen-bond donors (Lipinski definition) is 0. The molecule has 3 aromatic rings. The van der Waals surface area contributed by atoms with Crippen molar-refractivity contribution in [3.8, 4) is 5.75 Å². The highest BCUT2D eigenvalue weighted by atomic mass is 16.6. The van der Waals surface area contributed by atoms with Crippen LogP contribution in [0.4, 0.5) is 28.4 Å². The minimum Gasteiger partial charge on any atom is -0.497 e. The van der Waals surface area contributed by atoms with Crippen molar-refractivity contribution in [1.82, 2.24) is 0 Å². The van der Waals surface area contributed by atoms with E-state index in [2.05, 4.69) is 4.99 Å². The highest BCUT2D eigenvalue weighted by Gasteiger charge is 2.34. The van der Waals surface area contributed by atoms with E-state index in [1.807, 2.05) is 19.1 Å². The largest absolute Gasteiger partial charge is 0.497 e. The topological polar surface area (TPSA) is 154 Å². The summed E-state index contributed by atoms with van der Waals surface area (Å²) in [5.74, 6) is 0.694. The van der Waals surface area contributed by atoms with Gasteiger partial charge in [0.2, 0.25) is 5.69 Å². The lowest BCUT2D eigenvalue weighted by molar-refractivity contribution is -0.402. The van der Waals surface area contributed by atoms with E-state index < -0.39 is 37.5 Å². The molecule has 0 amide bonds. The fourth-order valence-corrected chi connectivity index (χ4v) is 3.24. The molecule has 34 heavy (non-hydrogen) atoms. The van der Waals surface area contributed by atoms with Crippen LogP contribution in [-0.4, -0.2) is 34.8 Å². The number of amidine groups is 1. The van der Waals surface area contributed by atoms with Gasteiger partial charge < -0.3 is 9.64 Å². The normalized spacial score (nSPS) is 11.1. The predicted octanol–water partition coefficient (Wildman–Crippen LogP) is 4.94. The second kappa shape index (κ2) is 9.73. The van der Waals surface area contributed by atoms with Crippen LogP contribution in [0.3, 0.4) is 0 Å². The number of anilines is 1. The minimum absolute atomic E-state index is 0.145. The Labute approximate surface area is 193 Å². The van der Waals surface area contributed by atoms with Crippen LogP contribution in [0, 0.1) is 37.3 Å². The van der Waals surface area contributed by atoms with Gasteiger partial charge in [0.25, 0.3) is 5.69 Å². The van der Waals surface area contributed by atoms with Crippen molar-refractivity contribution in [2.75, 3.05) is 19.1 Å². The number of rotatable bonds is 7. The number of nitrogens with zero attached hydrogens (tertiary/aromatic N) is 5. The number of methoxy groups -OCH3 is 1. The first-order chi connectivity index (χ1) is 16.1. The first-order valence-electron chi connectivity index (χ1n) is 9.77. The molecule has 0 fully saturated rings. The number of aryl methyl sites for hydroxylation is 1. The summed E-state index contributed by atoms with van der Waals surface area (Å²) in [5, 5.41) is 34.8. The van der Waals surface area contributed by atoms with Crippen LogP contribution in [0.15, 0.2) is 65.7 Å². The van der Waals surface area contributed by atoms with Gasteiger partial charge in [-0.05, 0) is 43.3 Å². The maximum atomic E-state index is 11.8. The Morgan fingerprint density at radius 3 is 1.82 bits per heavy atom. The van der Waals surface area contributed by atoms with E-state index in [1.165, 1.54) is 19.1 Å². The highest BCUT2D eigenvalue weighted by molar-refractivity contribution is 6.13. The van der Waals surface area contributed by atoms with E-state index in [-0.39, 0.29) is 5.84 Å². The standard InChI is InChI=1S/C22H19N5O7/c1-14-4-8-16(9-5-14)23-22(15-6-10-18(34-3)11-7-15)24(2)21-19(26(30)31)12-17(25(28)29)13-20(21)27(32)33/h4-13H,1-3H3. The molecule has 3 rings (SSSR count). The van der Waals surface area contributed by atoms with E-state index in [0.717, 1.165) is 5.56 Å². The van der Waals surface area contributed by atoms with Crippen molar-refractivity contribution < 1.29 is 19.5 Å². The molecule has 3 aromatic carbocycles. The third-order valence-corrected chi connectivity index (χ3v) is 4.93. The van der Waals surface area contributed by atoms with Gasteiger partial charge in [0.05, 0.1) is 39.7 Å². The summed E-state index contributed by atoms with van der Waals surface area (Å²) >= 11 is 0. The third-order valence-electron chi connectivity index (χ3n) is 4.93. The van der Waals surface area contributed by atoms with Crippen LogP contribution in [-0.2, 0) is 0 Å². The fourth-order valence-electron chi connectivity index (χ4n) is 3.24. The van der Waals surface area contributed by atoms with Gasteiger partial charge in [0, 0.05) is 12.6 Å². The van der Waals surface area contributed by atoms with Crippen LogP contribution in [0.1, 0.15) is 11.1 Å². The van der Waals surface area contributed by atoms with Crippen LogP contribution in [0.2, 0.25) is 0 Å². The lowest BCUT2D eigenvalue weighted by atomic mass is 10.1. The molecule has 0 aliphatic heterocycles. The van der Waals surface area contributed by atoms with Gasteiger partial charge in [0.1, 0.15) is 11.6 Å². The number of nitro groups is 3. The number of benzene rings is 3. The van der Waals surface area contributed by atoms with Crippen LogP contribution < -0.4 is 9.64 Å². The van der Waals surface area contributed by atoms with Crippen molar-refractivity contribution in [2.24, 2.45) is 4.99 Å². The SMILES string of the molecule is COc1ccc(C(=Nc2ccc(C)cc2)N(C)c2c([N+](=O)[O-])cc([N+](=O)[O-])cc2[N+](=O)[O-])cc1. The molecule has 0 spiro atoms. The molecule has 0 bridgehead atoms. The third kappa shape index (κ3) is 4.96. The lowest BCUT2D eigenvalue weighted by Crippen LogP contribution is -2.28. The lowest BCUT2D eigenvalue weighted by Gasteiger charge is -2.22. The van der Waals surface area contributed by atoms with Crippen LogP contribution >= 0.6 is 0 Å². The minimum atomic E-state index is -0.922. The summed E-state index contributed by atoms with van der Waals surface area (Å²) in [6, 6.07) is 15.1. The van der Waals surface area contributed by atoms with Crippen molar-refractivity contribution in [3.63, 3.8) is 0 Å². The zero-order valence-electron chi connectivity index (χ0n) is 18.4. The molecule has 12 heteroatoms. The number of non-ortho nitro benzene ring substituents is 1. The van der Waals surface area contributed by atoms with Gasteiger partial charge in [-0.25, -0.2) is 4.99 Å². The smallest absolute Gasteiger partial charge is 0.306 e. The van der Waals surface area contributed by atoms with Crippen LogP contribution in [0.25, 0.3) is 0 Å². The van der Waals surface area contributed by atoms with E-state index >= 15 is 0 Å². The molecule has 0 unspecified atom stereocenters. The zero-order chi connectivity index (χ0) is 25.0. The zero-order valence-corrected chi connectivity index (χ0v) is 18.4. The molecule has 0 radical (unpaired) electrons. The first-order valence-corrected chi connectivity index (χ1v) is 9.77. The quantitative estimate of drug-likeness (QED) is 0.206. The summed E-state index contributed by atoms with van der Waals surface area (Å²) < 4.78 is 5.17. The van der Waals surface area contributed by atoms with E-state index in [1.54, 1.807) is 36.4 Å². The second-order valence-corrected chi connectivity index (χ2v) is 7.16. The fraction of sp³-hybridized carbons (Fsp3) is 0.136. The number of nitro benzene ring substituents is 3. The summed E-state index contributed by atoms with van der Waals surface area (Å²) in [5.41, 5.74) is -0.845. The Kier molecular flexibility index (Phi) is 6.81. The summed E-state index contributed by atoms with van der Waals surface area (Å²) in [6.45, 7) is 1.90. The molecule has 0 aliphatic rings. The Morgan fingerprint density at radius 2 is 1.38 bits per heavy atom. The molecule has 12 nitrogen and oxygen atoms in total. The van der Waals surface area contributed by atoms with Crippen molar-refractivity contribution in [3.05, 3.63) is 102 Å². The molecule has 0 saturated heterocycles. The Morgan fingerprint density at radius 1 is 0.853 bits per heavy atom. The van der Waals surface area contributed by atoms with Gasteiger partial charge in [-0.1, -0.05) is 17.7 Å². The van der Waals surface area contributed by atoms with E-state index in [0.29, 0.717) is 29.1 Å². The molecule has 0 heterocycles. The molecule has 0 saturated carbocycles. The highest BCUT2D eigenvalue weighted by Crippen LogP contribution is 2.41. The molecular weight excluding hydrogens is 446 g/mol. The van der Waals surface area contributed by atoms with Gasteiger partial charge in [-0.2, -0.15) is 0 Å². The van der Waals surface area contributed by atoms with Crippen molar-refractivity contribution >= 4 is 34.3 Å².